The molecule has 1 heterocycles. The molecule has 0 saturated carbocycles. The number of hydrogen-bond donors (Lipinski definition) is 1. The Morgan fingerprint density at radius 2 is 2.20 bits per heavy atom. The zero-order valence-electron chi connectivity index (χ0n) is 12.6. The average molecular weight is 290 g/mol. The minimum absolute atomic E-state index is 0.236. The maximum Gasteiger partial charge on any atom is 0.123 e. The van der Waals surface area contributed by atoms with E-state index in [1.165, 1.54) is 16.0 Å². The summed E-state index contributed by atoms with van der Waals surface area (Å²) in [5.74, 6) is 0.943. The Morgan fingerprint density at radius 3 is 2.85 bits per heavy atom. The van der Waals surface area contributed by atoms with Crippen LogP contribution < -0.4 is 10.1 Å². The molecule has 0 amide bonds. The van der Waals surface area contributed by atoms with Crippen molar-refractivity contribution in [3.63, 3.8) is 0 Å². The molecule has 1 N–H and O–H groups in total. The third-order valence-corrected chi connectivity index (χ3v) is 4.51. The summed E-state index contributed by atoms with van der Waals surface area (Å²) in [7, 11) is 1.72. The van der Waals surface area contributed by atoms with Gasteiger partial charge in [0.1, 0.15) is 10.8 Å². The van der Waals surface area contributed by atoms with Crippen molar-refractivity contribution in [2.75, 3.05) is 7.11 Å². The van der Waals surface area contributed by atoms with Gasteiger partial charge in [0.15, 0.2) is 0 Å². The van der Waals surface area contributed by atoms with Crippen LogP contribution in [-0.2, 0) is 13.0 Å². The first-order valence-electron chi connectivity index (χ1n) is 6.95. The van der Waals surface area contributed by atoms with E-state index in [0.29, 0.717) is 0 Å². The van der Waals surface area contributed by atoms with Crippen molar-refractivity contribution >= 4 is 11.3 Å². The number of aromatic nitrogens is 1. The van der Waals surface area contributed by atoms with Crippen LogP contribution in [0.1, 0.15) is 40.9 Å². The minimum atomic E-state index is 0.236. The lowest BCUT2D eigenvalue weighted by atomic mass is 10.1. The Kier molecular flexibility index (Phi) is 5.15. The topological polar surface area (TPSA) is 34.2 Å². The average Bonchev–Trinajstić information content (AvgIpc) is 2.92. The zero-order chi connectivity index (χ0) is 14.5. The summed E-state index contributed by atoms with van der Waals surface area (Å²) in [6, 6.07) is 6.56. The lowest BCUT2D eigenvalue weighted by Gasteiger charge is -2.17. The standard InChI is InChI=1S/C16H22N2OS/c1-5-13-9-18-16(20-13)10-17-12(3)14-7-6-11(2)8-15(14)19-4/h6-9,12,17H,5,10H2,1-4H3. The van der Waals surface area contributed by atoms with Gasteiger partial charge in [-0.25, -0.2) is 4.98 Å². The van der Waals surface area contributed by atoms with E-state index < -0.39 is 0 Å². The second-order valence-corrected chi connectivity index (χ2v) is 6.12. The highest BCUT2D eigenvalue weighted by atomic mass is 32.1. The van der Waals surface area contributed by atoms with Crippen molar-refractivity contribution in [3.05, 3.63) is 45.4 Å². The number of hydrogen-bond acceptors (Lipinski definition) is 4. The molecule has 1 aromatic carbocycles. The summed E-state index contributed by atoms with van der Waals surface area (Å²) in [5, 5.41) is 4.65. The van der Waals surface area contributed by atoms with E-state index >= 15 is 0 Å². The molecule has 0 radical (unpaired) electrons. The molecule has 1 unspecified atom stereocenters. The summed E-state index contributed by atoms with van der Waals surface area (Å²) in [6.45, 7) is 7.18. The van der Waals surface area contributed by atoms with Crippen LogP contribution in [-0.4, -0.2) is 12.1 Å². The van der Waals surface area contributed by atoms with Crippen LogP contribution in [0, 0.1) is 6.92 Å². The van der Waals surface area contributed by atoms with Crippen LogP contribution >= 0.6 is 11.3 Å². The fourth-order valence-corrected chi connectivity index (χ4v) is 2.93. The van der Waals surface area contributed by atoms with E-state index in [1.54, 1.807) is 18.4 Å². The molecule has 4 heteroatoms. The number of benzene rings is 1. The van der Waals surface area contributed by atoms with Crippen molar-refractivity contribution in [2.24, 2.45) is 0 Å². The first-order chi connectivity index (χ1) is 9.63. The van der Waals surface area contributed by atoms with Gasteiger partial charge in [-0.15, -0.1) is 11.3 Å². The van der Waals surface area contributed by atoms with E-state index in [9.17, 15) is 0 Å². The molecule has 0 aliphatic rings. The van der Waals surface area contributed by atoms with Crippen LogP contribution in [0.25, 0.3) is 0 Å². The number of methoxy groups -OCH3 is 1. The number of ether oxygens (including phenoxy) is 1. The van der Waals surface area contributed by atoms with E-state index in [0.717, 1.165) is 23.7 Å². The van der Waals surface area contributed by atoms with Crippen molar-refractivity contribution in [1.82, 2.24) is 10.3 Å². The Hall–Kier alpha value is -1.39. The summed E-state index contributed by atoms with van der Waals surface area (Å²) >= 11 is 1.78. The molecule has 3 nitrogen and oxygen atoms in total. The Bertz CT molecular complexity index is 565. The molecular weight excluding hydrogens is 268 g/mol. The van der Waals surface area contributed by atoms with Gasteiger partial charge in [-0.1, -0.05) is 19.1 Å². The monoisotopic (exact) mass is 290 g/mol. The van der Waals surface area contributed by atoms with E-state index in [1.807, 2.05) is 6.20 Å². The highest BCUT2D eigenvalue weighted by Gasteiger charge is 2.11. The second kappa shape index (κ2) is 6.86. The van der Waals surface area contributed by atoms with E-state index in [4.69, 9.17) is 4.74 Å². The molecule has 1 atom stereocenters. The predicted molar refractivity (Wildman–Crippen MR) is 84.5 cm³/mol. The summed E-state index contributed by atoms with van der Waals surface area (Å²) in [6.07, 6.45) is 3.03. The number of thiazole rings is 1. The molecule has 1 aromatic heterocycles. The van der Waals surface area contributed by atoms with Crippen LogP contribution in [0.5, 0.6) is 5.75 Å². The van der Waals surface area contributed by atoms with E-state index in [2.05, 4.69) is 49.3 Å². The normalized spacial score (nSPS) is 12.4. The van der Waals surface area contributed by atoms with Gasteiger partial charge in [-0.2, -0.15) is 0 Å². The molecule has 20 heavy (non-hydrogen) atoms. The molecule has 0 fully saturated rings. The third-order valence-electron chi connectivity index (χ3n) is 3.36. The van der Waals surface area contributed by atoms with Crippen LogP contribution in [0.15, 0.2) is 24.4 Å². The van der Waals surface area contributed by atoms with Gasteiger partial charge in [-0.05, 0) is 31.9 Å². The summed E-state index contributed by atoms with van der Waals surface area (Å²) in [5.41, 5.74) is 2.40. The maximum atomic E-state index is 5.47. The molecule has 0 aliphatic heterocycles. The second-order valence-electron chi connectivity index (χ2n) is 4.92. The van der Waals surface area contributed by atoms with Crippen LogP contribution in [0.2, 0.25) is 0 Å². The van der Waals surface area contributed by atoms with Crippen molar-refractivity contribution in [3.8, 4) is 5.75 Å². The zero-order valence-corrected chi connectivity index (χ0v) is 13.4. The lowest BCUT2D eigenvalue weighted by Crippen LogP contribution is -2.18. The minimum Gasteiger partial charge on any atom is -0.496 e. The SMILES string of the molecule is CCc1cnc(CNC(C)c2ccc(C)cc2OC)s1. The molecule has 2 aromatic rings. The lowest BCUT2D eigenvalue weighted by molar-refractivity contribution is 0.401. The maximum absolute atomic E-state index is 5.47. The van der Waals surface area contributed by atoms with Crippen molar-refractivity contribution in [1.29, 1.82) is 0 Å². The van der Waals surface area contributed by atoms with Gasteiger partial charge in [0.05, 0.1) is 7.11 Å². The highest BCUT2D eigenvalue weighted by molar-refractivity contribution is 7.11. The predicted octanol–water partition coefficient (Wildman–Crippen LogP) is 3.87. The number of nitrogens with one attached hydrogen (secondary N) is 1. The molecule has 0 aliphatic carbocycles. The summed E-state index contributed by atoms with van der Waals surface area (Å²) < 4.78 is 5.47. The molecule has 0 bridgehead atoms. The summed E-state index contributed by atoms with van der Waals surface area (Å²) in [4.78, 5) is 5.77. The fourth-order valence-electron chi connectivity index (χ4n) is 2.12. The number of rotatable bonds is 6. The molecular formula is C16H22N2OS. The Labute approximate surface area is 125 Å². The Morgan fingerprint density at radius 1 is 1.40 bits per heavy atom. The number of nitrogens with zero attached hydrogens (tertiary/aromatic N) is 1. The first-order valence-corrected chi connectivity index (χ1v) is 7.77. The van der Waals surface area contributed by atoms with Gasteiger partial charge in [0.2, 0.25) is 0 Å². The van der Waals surface area contributed by atoms with Gasteiger partial charge in [0.25, 0.3) is 0 Å². The highest BCUT2D eigenvalue weighted by Crippen LogP contribution is 2.26. The molecule has 0 saturated heterocycles. The van der Waals surface area contributed by atoms with Crippen LogP contribution in [0.3, 0.4) is 0 Å². The Balaban J connectivity index is 2.02. The molecule has 108 valence electrons. The third kappa shape index (κ3) is 3.58. The van der Waals surface area contributed by atoms with Crippen LogP contribution in [0.4, 0.5) is 0 Å². The first kappa shape index (κ1) is 15.0. The van der Waals surface area contributed by atoms with Crippen molar-refractivity contribution in [2.45, 2.75) is 39.8 Å². The fraction of sp³-hybridized carbons (Fsp3) is 0.438. The van der Waals surface area contributed by atoms with Crippen molar-refractivity contribution < 1.29 is 4.74 Å². The van der Waals surface area contributed by atoms with Gasteiger partial charge in [-0.3, -0.25) is 0 Å². The van der Waals surface area contributed by atoms with Gasteiger partial charge < -0.3 is 10.1 Å². The smallest absolute Gasteiger partial charge is 0.123 e. The van der Waals surface area contributed by atoms with E-state index in [-0.39, 0.29) is 6.04 Å². The molecule has 2 rings (SSSR count). The largest absolute Gasteiger partial charge is 0.496 e. The molecule has 0 spiro atoms. The van der Waals surface area contributed by atoms with Gasteiger partial charge >= 0.3 is 0 Å². The van der Waals surface area contributed by atoms with Gasteiger partial charge in [0, 0.05) is 29.2 Å². The number of aryl methyl sites for hydroxylation is 2. The quantitative estimate of drug-likeness (QED) is 0.877.